The Balaban J connectivity index is 0.000000186. The maximum absolute atomic E-state index is 7.39. The topological polar surface area (TPSA) is 59.1 Å². The maximum Gasteiger partial charge on any atom is 0.115 e. The zero-order valence-corrected chi connectivity index (χ0v) is 16.1. The monoisotopic (exact) mass is 340 g/mol. The van der Waals surface area contributed by atoms with E-state index in [4.69, 9.17) is 15.9 Å². The van der Waals surface area contributed by atoms with E-state index in [1.807, 2.05) is 25.1 Å². The number of hydrogen-bond donors (Lipinski definition) is 2. The Morgan fingerprint density at radius 2 is 2.04 bits per heavy atom. The first-order chi connectivity index (χ1) is 11.9. The summed E-state index contributed by atoms with van der Waals surface area (Å²) in [6.45, 7) is 6.11. The number of hydrogen-bond acceptors (Lipinski definition) is 3. The van der Waals surface area contributed by atoms with E-state index >= 15 is 0 Å². The van der Waals surface area contributed by atoms with E-state index in [1.165, 1.54) is 32.1 Å². The van der Waals surface area contributed by atoms with Crippen LogP contribution in [0.25, 0.3) is 0 Å². The fourth-order valence-electron chi connectivity index (χ4n) is 3.76. The van der Waals surface area contributed by atoms with Crippen molar-refractivity contribution in [1.29, 1.82) is 5.41 Å². The second kappa shape index (κ2) is 8.37. The molecule has 1 saturated carbocycles. The van der Waals surface area contributed by atoms with Crippen molar-refractivity contribution in [3.05, 3.63) is 53.3 Å². The first kappa shape index (κ1) is 19.3. The van der Waals surface area contributed by atoms with Gasteiger partial charge in [-0.1, -0.05) is 43.9 Å². The standard InChI is InChI=1S/C13H20O.C9H12N2/c1-13-9-5-3-4-6-11(13)7-8-12(10-13)14-2;1-6-3-4-9(11)8(5-6)7(2)10/h7-8,10-11H,3-6,9H2,1-2H3;3-5,10H,11H2,1-2H3. The third-order valence-electron chi connectivity index (χ3n) is 5.39. The van der Waals surface area contributed by atoms with E-state index in [1.54, 1.807) is 14.0 Å². The van der Waals surface area contributed by atoms with Gasteiger partial charge in [-0.3, -0.25) is 0 Å². The Labute approximate surface area is 152 Å². The van der Waals surface area contributed by atoms with Gasteiger partial charge in [0.25, 0.3) is 0 Å². The van der Waals surface area contributed by atoms with E-state index in [9.17, 15) is 0 Å². The van der Waals surface area contributed by atoms with Gasteiger partial charge in [-0.25, -0.2) is 0 Å². The summed E-state index contributed by atoms with van der Waals surface area (Å²) in [6, 6.07) is 5.71. The van der Waals surface area contributed by atoms with Crippen molar-refractivity contribution >= 4 is 11.4 Å². The second-order valence-corrected chi connectivity index (χ2v) is 7.54. The van der Waals surface area contributed by atoms with Crippen molar-refractivity contribution in [3.8, 4) is 0 Å². The van der Waals surface area contributed by atoms with Gasteiger partial charge in [0.05, 0.1) is 7.11 Å². The summed E-state index contributed by atoms with van der Waals surface area (Å²) in [5, 5.41) is 7.39. The van der Waals surface area contributed by atoms with E-state index in [0.717, 1.165) is 22.8 Å². The van der Waals surface area contributed by atoms with Crippen LogP contribution in [0.3, 0.4) is 0 Å². The van der Waals surface area contributed by atoms with E-state index in [-0.39, 0.29) is 0 Å². The minimum atomic E-state index is 0.358. The highest BCUT2D eigenvalue weighted by atomic mass is 16.5. The van der Waals surface area contributed by atoms with Crippen molar-refractivity contribution in [1.82, 2.24) is 0 Å². The molecular weight excluding hydrogens is 308 g/mol. The van der Waals surface area contributed by atoms with Crippen LogP contribution < -0.4 is 5.73 Å². The molecule has 0 bridgehead atoms. The van der Waals surface area contributed by atoms with Crippen molar-refractivity contribution in [2.24, 2.45) is 11.3 Å². The molecule has 0 amide bonds. The van der Waals surface area contributed by atoms with Crippen molar-refractivity contribution in [2.75, 3.05) is 12.8 Å². The number of anilines is 1. The number of nitrogen functional groups attached to an aromatic ring is 1. The molecule has 3 rings (SSSR count). The number of nitrogens with one attached hydrogen (secondary N) is 1. The van der Waals surface area contributed by atoms with Gasteiger partial charge in [0, 0.05) is 17.0 Å². The molecule has 0 radical (unpaired) electrons. The molecule has 0 aromatic heterocycles. The molecule has 136 valence electrons. The Bertz CT molecular complexity index is 675. The Hall–Kier alpha value is -2.03. The minimum absolute atomic E-state index is 0.358. The van der Waals surface area contributed by atoms with Gasteiger partial charge in [-0.2, -0.15) is 0 Å². The number of nitrogens with two attached hydrogens (primary N) is 1. The zero-order valence-electron chi connectivity index (χ0n) is 16.1. The molecule has 2 aliphatic rings. The molecule has 2 atom stereocenters. The minimum Gasteiger partial charge on any atom is -0.497 e. The molecule has 3 heteroatoms. The molecule has 3 N–H and O–H groups in total. The molecule has 25 heavy (non-hydrogen) atoms. The summed E-state index contributed by atoms with van der Waals surface area (Å²) >= 11 is 0. The third-order valence-corrected chi connectivity index (χ3v) is 5.39. The quantitative estimate of drug-likeness (QED) is 0.541. The smallest absolute Gasteiger partial charge is 0.115 e. The van der Waals surface area contributed by atoms with Gasteiger partial charge < -0.3 is 15.9 Å². The van der Waals surface area contributed by atoms with Crippen LogP contribution >= 0.6 is 0 Å². The normalized spacial score (nSPS) is 25.0. The average molecular weight is 341 g/mol. The Morgan fingerprint density at radius 1 is 1.28 bits per heavy atom. The number of methoxy groups -OCH3 is 1. The van der Waals surface area contributed by atoms with Gasteiger partial charge in [0.2, 0.25) is 0 Å². The van der Waals surface area contributed by atoms with Crippen LogP contribution in [-0.2, 0) is 4.74 Å². The van der Waals surface area contributed by atoms with Crippen molar-refractivity contribution < 1.29 is 4.74 Å². The van der Waals surface area contributed by atoms with Gasteiger partial charge >= 0.3 is 0 Å². The highest BCUT2D eigenvalue weighted by Gasteiger charge is 2.34. The SMILES string of the molecule is CC(=N)c1cc(C)ccc1N.COC1=CC2(C)CCCCCC2C=C1. The summed E-state index contributed by atoms with van der Waals surface area (Å²) in [5.74, 6) is 1.79. The van der Waals surface area contributed by atoms with E-state index in [0.29, 0.717) is 16.8 Å². The molecule has 3 nitrogen and oxygen atoms in total. The Morgan fingerprint density at radius 3 is 2.68 bits per heavy atom. The fraction of sp³-hybridized carbons (Fsp3) is 0.500. The average Bonchev–Trinajstić information content (AvgIpc) is 2.77. The Kier molecular flexibility index (Phi) is 6.46. The molecule has 0 saturated heterocycles. The van der Waals surface area contributed by atoms with Crippen LogP contribution in [0.15, 0.2) is 42.2 Å². The van der Waals surface area contributed by atoms with Gasteiger partial charge in [-0.05, 0) is 62.3 Å². The predicted octanol–water partition coefficient (Wildman–Crippen LogP) is 5.64. The number of rotatable bonds is 2. The largest absolute Gasteiger partial charge is 0.497 e. The predicted molar refractivity (Wildman–Crippen MR) is 107 cm³/mol. The second-order valence-electron chi connectivity index (χ2n) is 7.54. The first-order valence-electron chi connectivity index (χ1n) is 9.22. The number of aryl methyl sites for hydroxylation is 1. The molecule has 1 fully saturated rings. The molecular formula is C22H32N2O. The molecule has 1 aromatic carbocycles. The van der Waals surface area contributed by atoms with Gasteiger partial charge in [-0.15, -0.1) is 0 Å². The number of benzene rings is 1. The molecule has 1 aromatic rings. The fourth-order valence-corrected chi connectivity index (χ4v) is 3.76. The maximum atomic E-state index is 7.39. The summed E-state index contributed by atoms with van der Waals surface area (Å²) in [4.78, 5) is 0. The van der Waals surface area contributed by atoms with Crippen LogP contribution in [0.4, 0.5) is 5.69 Å². The van der Waals surface area contributed by atoms with Gasteiger partial charge in [0.1, 0.15) is 5.76 Å². The first-order valence-corrected chi connectivity index (χ1v) is 9.22. The lowest BCUT2D eigenvalue weighted by Crippen LogP contribution is -2.25. The van der Waals surface area contributed by atoms with Gasteiger partial charge in [0.15, 0.2) is 0 Å². The van der Waals surface area contributed by atoms with Crippen molar-refractivity contribution in [3.63, 3.8) is 0 Å². The zero-order chi connectivity index (χ0) is 18.4. The van der Waals surface area contributed by atoms with Crippen LogP contribution in [0.1, 0.15) is 57.1 Å². The van der Waals surface area contributed by atoms with E-state index in [2.05, 4.69) is 25.2 Å². The summed E-state index contributed by atoms with van der Waals surface area (Å²) in [6.07, 6.45) is 13.6. The van der Waals surface area contributed by atoms with Crippen molar-refractivity contribution in [2.45, 2.75) is 52.9 Å². The molecule has 0 heterocycles. The molecule has 0 aliphatic heterocycles. The molecule has 0 spiro atoms. The van der Waals surface area contributed by atoms with Crippen LogP contribution in [-0.4, -0.2) is 12.8 Å². The molecule has 2 aliphatic carbocycles. The number of ether oxygens (including phenoxy) is 1. The summed E-state index contributed by atoms with van der Waals surface area (Å²) < 4.78 is 5.32. The van der Waals surface area contributed by atoms with Crippen LogP contribution in [0, 0.1) is 23.7 Å². The lowest BCUT2D eigenvalue weighted by atomic mass is 9.71. The highest BCUT2D eigenvalue weighted by molar-refractivity contribution is 6.01. The number of fused-ring (bicyclic) bond motifs is 1. The lowest BCUT2D eigenvalue weighted by Gasteiger charge is -2.34. The van der Waals surface area contributed by atoms with Crippen LogP contribution in [0.2, 0.25) is 0 Å². The molecule has 2 unspecified atom stereocenters. The summed E-state index contributed by atoms with van der Waals surface area (Å²) in [7, 11) is 1.76. The highest BCUT2D eigenvalue weighted by Crippen LogP contribution is 2.44. The third kappa shape index (κ3) is 4.97. The van der Waals surface area contributed by atoms with E-state index < -0.39 is 0 Å². The van der Waals surface area contributed by atoms with Crippen LogP contribution in [0.5, 0.6) is 0 Å². The number of allylic oxidation sites excluding steroid dienone is 3. The lowest BCUT2D eigenvalue weighted by molar-refractivity contribution is 0.243. The summed E-state index contributed by atoms with van der Waals surface area (Å²) in [5.41, 5.74) is 9.19.